The topological polar surface area (TPSA) is 38.3 Å². The molecule has 0 radical (unpaired) electrons. The first-order valence-corrected chi connectivity index (χ1v) is 5.41. The van der Waals surface area contributed by atoms with Crippen LogP contribution in [0, 0.1) is 6.92 Å². The van der Waals surface area contributed by atoms with Crippen molar-refractivity contribution in [2.24, 2.45) is 0 Å². The zero-order valence-electron chi connectivity index (χ0n) is 9.06. The minimum atomic E-state index is 0.0150. The van der Waals surface area contributed by atoms with Gasteiger partial charge in [0.25, 0.3) is 0 Å². The van der Waals surface area contributed by atoms with Crippen LogP contribution >= 0.6 is 15.9 Å². The van der Waals surface area contributed by atoms with Gasteiger partial charge in [-0.3, -0.25) is 4.79 Å². The summed E-state index contributed by atoms with van der Waals surface area (Å²) in [5, 5.41) is 2.83. The second kappa shape index (κ2) is 5.28. The summed E-state index contributed by atoms with van der Waals surface area (Å²) in [5.74, 6) is 0.628. The third kappa shape index (κ3) is 2.79. The lowest BCUT2D eigenvalue weighted by atomic mass is 10.1. The Morgan fingerprint density at radius 2 is 2.20 bits per heavy atom. The molecule has 0 saturated heterocycles. The van der Waals surface area contributed by atoms with E-state index in [0.29, 0.717) is 17.9 Å². The number of aryl methyl sites for hydroxylation is 1. The molecule has 0 saturated carbocycles. The van der Waals surface area contributed by atoms with Gasteiger partial charge in [-0.1, -0.05) is 0 Å². The Labute approximate surface area is 97.9 Å². The molecular formula is C11H14BrNO2. The first-order valence-electron chi connectivity index (χ1n) is 4.62. The second-order valence-electron chi connectivity index (χ2n) is 3.28. The van der Waals surface area contributed by atoms with Crippen molar-refractivity contribution in [2.45, 2.75) is 6.92 Å². The van der Waals surface area contributed by atoms with E-state index in [1.54, 1.807) is 14.2 Å². The molecule has 1 N–H and O–H groups in total. The summed E-state index contributed by atoms with van der Waals surface area (Å²) >= 11 is 3.38. The van der Waals surface area contributed by atoms with Crippen LogP contribution in [0.4, 0.5) is 0 Å². The van der Waals surface area contributed by atoms with Crippen LogP contribution in [-0.4, -0.2) is 26.5 Å². The summed E-state index contributed by atoms with van der Waals surface area (Å²) in [6.45, 7) is 2.26. The van der Waals surface area contributed by atoms with Crippen molar-refractivity contribution in [1.82, 2.24) is 5.32 Å². The molecule has 0 unspecified atom stereocenters. The minimum Gasteiger partial charge on any atom is -0.496 e. The first kappa shape index (κ1) is 12.2. The van der Waals surface area contributed by atoms with Gasteiger partial charge in [0, 0.05) is 4.47 Å². The fraction of sp³-hybridized carbons (Fsp3) is 0.364. The van der Waals surface area contributed by atoms with E-state index in [0.717, 1.165) is 10.0 Å². The Kier molecular flexibility index (Phi) is 4.29. The largest absolute Gasteiger partial charge is 0.496 e. The van der Waals surface area contributed by atoms with E-state index >= 15 is 0 Å². The predicted octanol–water partition coefficient (Wildman–Crippen LogP) is 2.17. The molecule has 0 fully saturated rings. The van der Waals surface area contributed by atoms with E-state index in [4.69, 9.17) is 4.74 Å². The Morgan fingerprint density at radius 1 is 1.53 bits per heavy atom. The molecule has 0 spiro atoms. The van der Waals surface area contributed by atoms with Gasteiger partial charge < -0.3 is 10.1 Å². The maximum Gasteiger partial charge on any atom is 0.181 e. The molecule has 0 heterocycles. The Morgan fingerprint density at radius 3 is 2.73 bits per heavy atom. The molecule has 1 aromatic rings. The monoisotopic (exact) mass is 271 g/mol. The van der Waals surface area contributed by atoms with Crippen molar-refractivity contribution in [1.29, 1.82) is 0 Å². The lowest BCUT2D eigenvalue weighted by molar-refractivity contribution is 0.0990. The number of likely N-dealkylation sites (N-methyl/N-ethyl adjacent to an activating group) is 1. The van der Waals surface area contributed by atoms with Gasteiger partial charge in [-0.2, -0.15) is 0 Å². The number of carbonyl (C=O) groups is 1. The number of hydrogen-bond acceptors (Lipinski definition) is 3. The van der Waals surface area contributed by atoms with Crippen LogP contribution < -0.4 is 10.1 Å². The average Bonchev–Trinajstić information content (AvgIpc) is 2.16. The molecule has 0 aliphatic rings. The van der Waals surface area contributed by atoms with Gasteiger partial charge in [0.05, 0.1) is 19.2 Å². The van der Waals surface area contributed by atoms with E-state index in [1.165, 1.54) is 0 Å². The standard InChI is InChI=1S/C11H14BrNO2/c1-7-4-8(12)11(9(14)6-13-2)10(5-7)15-3/h4-5,13H,6H2,1-3H3. The number of carbonyl (C=O) groups excluding carboxylic acids is 1. The SMILES string of the molecule is CNCC(=O)c1c(Br)cc(C)cc1OC. The van der Waals surface area contributed by atoms with Crippen LogP contribution in [0.1, 0.15) is 15.9 Å². The Bertz CT molecular complexity index is 377. The molecule has 1 aromatic carbocycles. The summed E-state index contributed by atoms with van der Waals surface area (Å²) < 4.78 is 5.97. The summed E-state index contributed by atoms with van der Waals surface area (Å²) in [4.78, 5) is 11.8. The van der Waals surface area contributed by atoms with E-state index in [-0.39, 0.29) is 5.78 Å². The number of nitrogens with one attached hydrogen (secondary N) is 1. The zero-order chi connectivity index (χ0) is 11.4. The number of halogens is 1. The van der Waals surface area contributed by atoms with Gasteiger partial charge in [0.2, 0.25) is 0 Å². The Balaban J connectivity index is 3.20. The molecule has 82 valence electrons. The molecule has 1 rings (SSSR count). The highest BCUT2D eigenvalue weighted by Gasteiger charge is 2.15. The average molecular weight is 272 g/mol. The molecule has 0 amide bonds. The first-order chi connectivity index (χ1) is 7.10. The molecule has 0 bridgehead atoms. The maximum absolute atomic E-state index is 11.8. The number of Topliss-reactive ketones (excluding diaryl/α,β-unsaturated/α-hetero) is 1. The van der Waals surface area contributed by atoms with Crippen molar-refractivity contribution in [3.63, 3.8) is 0 Å². The highest BCUT2D eigenvalue weighted by atomic mass is 79.9. The molecule has 0 aliphatic carbocycles. The summed E-state index contributed by atoms with van der Waals surface area (Å²) in [7, 11) is 3.31. The smallest absolute Gasteiger partial charge is 0.181 e. The maximum atomic E-state index is 11.8. The minimum absolute atomic E-state index is 0.0150. The third-order valence-electron chi connectivity index (χ3n) is 2.03. The van der Waals surface area contributed by atoms with Crippen molar-refractivity contribution in [3.8, 4) is 5.75 Å². The van der Waals surface area contributed by atoms with Crippen LogP contribution in [-0.2, 0) is 0 Å². The highest BCUT2D eigenvalue weighted by molar-refractivity contribution is 9.10. The fourth-order valence-electron chi connectivity index (χ4n) is 1.39. The Hall–Kier alpha value is -0.870. The molecule has 15 heavy (non-hydrogen) atoms. The van der Waals surface area contributed by atoms with Crippen molar-refractivity contribution in [3.05, 3.63) is 27.7 Å². The third-order valence-corrected chi connectivity index (χ3v) is 2.66. The van der Waals surface area contributed by atoms with Crippen molar-refractivity contribution in [2.75, 3.05) is 20.7 Å². The summed E-state index contributed by atoms with van der Waals surface area (Å²) in [5.41, 5.74) is 1.65. The molecule has 0 aromatic heterocycles. The number of ether oxygens (including phenoxy) is 1. The van der Waals surface area contributed by atoms with Crippen LogP contribution in [0.25, 0.3) is 0 Å². The molecule has 0 aliphatic heterocycles. The van der Waals surface area contributed by atoms with Crippen LogP contribution in [0.15, 0.2) is 16.6 Å². The van der Waals surface area contributed by atoms with E-state index in [9.17, 15) is 4.79 Å². The molecule has 0 atom stereocenters. The number of benzene rings is 1. The van der Waals surface area contributed by atoms with E-state index < -0.39 is 0 Å². The lowest BCUT2D eigenvalue weighted by Crippen LogP contribution is -2.19. The van der Waals surface area contributed by atoms with Gasteiger partial charge in [-0.15, -0.1) is 0 Å². The van der Waals surface area contributed by atoms with Crippen molar-refractivity contribution < 1.29 is 9.53 Å². The predicted molar refractivity (Wildman–Crippen MR) is 63.7 cm³/mol. The molecule has 4 heteroatoms. The van der Waals surface area contributed by atoms with Crippen LogP contribution in [0.5, 0.6) is 5.75 Å². The normalized spacial score (nSPS) is 10.1. The van der Waals surface area contributed by atoms with Crippen molar-refractivity contribution >= 4 is 21.7 Å². The highest BCUT2D eigenvalue weighted by Crippen LogP contribution is 2.28. The quantitative estimate of drug-likeness (QED) is 0.854. The van der Waals surface area contributed by atoms with E-state index in [2.05, 4.69) is 21.2 Å². The molecule has 3 nitrogen and oxygen atoms in total. The number of ketones is 1. The van der Waals surface area contributed by atoms with Gasteiger partial charge in [-0.05, 0) is 47.6 Å². The van der Waals surface area contributed by atoms with Crippen LogP contribution in [0.3, 0.4) is 0 Å². The van der Waals surface area contributed by atoms with Gasteiger partial charge in [-0.25, -0.2) is 0 Å². The molecular weight excluding hydrogens is 258 g/mol. The summed E-state index contributed by atoms with van der Waals surface area (Å²) in [6, 6.07) is 3.76. The van der Waals surface area contributed by atoms with Gasteiger partial charge in [0.15, 0.2) is 5.78 Å². The van der Waals surface area contributed by atoms with Gasteiger partial charge >= 0.3 is 0 Å². The van der Waals surface area contributed by atoms with Crippen LogP contribution in [0.2, 0.25) is 0 Å². The van der Waals surface area contributed by atoms with E-state index in [1.807, 2.05) is 19.1 Å². The summed E-state index contributed by atoms with van der Waals surface area (Å²) in [6.07, 6.45) is 0. The lowest BCUT2D eigenvalue weighted by Gasteiger charge is -2.10. The fourth-order valence-corrected chi connectivity index (χ4v) is 2.17. The number of hydrogen-bond donors (Lipinski definition) is 1. The zero-order valence-corrected chi connectivity index (χ0v) is 10.6. The number of methoxy groups -OCH3 is 1. The second-order valence-corrected chi connectivity index (χ2v) is 4.13. The number of rotatable bonds is 4. The van der Waals surface area contributed by atoms with Gasteiger partial charge in [0.1, 0.15) is 5.75 Å².